The van der Waals surface area contributed by atoms with Crippen LogP contribution in [0.5, 0.6) is 0 Å². The number of hydrogen-bond donors (Lipinski definition) is 0. The van der Waals surface area contributed by atoms with E-state index in [1.54, 1.807) is 12.1 Å². The number of ether oxygens (including phenoxy) is 1. The van der Waals surface area contributed by atoms with Crippen molar-refractivity contribution in [2.45, 2.75) is 26.2 Å². The van der Waals surface area contributed by atoms with Gasteiger partial charge in [-0.3, -0.25) is 4.79 Å². The summed E-state index contributed by atoms with van der Waals surface area (Å²) in [4.78, 5) is 28.8. The molecule has 0 atom stereocenters. The number of benzene rings is 1. The molecule has 0 spiro atoms. The lowest BCUT2D eigenvalue weighted by molar-refractivity contribution is 0.0600. The zero-order valence-electron chi connectivity index (χ0n) is 13.3. The number of carbonyl (C=O) groups is 2. The van der Waals surface area contributed by atoms with E-state index in [1.807, 2.05) is 17.5 Å². The largest absolute Gasteiger partial charge is 0.465 e. The van der Waals surface area contributed by atoms with Gasteiger partial charge in [0.05, 0.1) is 18.4 Å². The highest BCUT2D eigenvalue weighted by Crippen LogP contribution is 2.32. The molecule has 1 heterocycles. The first-order chi connectivity index (χ1) is 11.0. The van der Waals surface area contributed by atoms with E-state index in [0.717, 1.165) is 16.8 Å². The Balaban J connectivity index is 1.89. The maximum Gasteiger partial charge on any atom is 0.337 e. The number of fused-ring (bicyclic) bond motifs is 1. The summed E-state index contributed by atoms with van der Waals surface area (Å²) in [5.41, 5.74) is 3.96. The molecule has 4 nitrogen and oxygen atoms in total. The van der Waals surface area contributed by atoms with Gasteiger partial charge in [-0.05, 0) is 35.6 Å². The Hall–Kier alpha value is -2.27. The minimum Gasteiger partial charge on any atom is -0.465 e. The number of hydrogen-bond acceptors (Lipinski definition) is 5. The maximum atomic E-state index is 12.7. The summed E-state index contributed by atoms with van der Waals surface area (Å²) in [5, 5.41) is 2.46. The number of aromatic nitrogens is 1. The third kappa shape index (κ3) is 2.84. The first-order valence-electron chi connectivity index (χ1n) is 7.43. The lowest BCUT2D eigenvalue weighted by Gasteiger charge is -2.06. The summed E-state index contributed by atoms with van der Waals surface area (Å²) in [6, 6.07) is 5.30. The number of esters is 1. The standard InChI is InChI=1S/C18H17NO3S/c1-10(2)15-9-23-17(19-15)16(20)14-7-4-11-8-12(18(21)22-3)5-6-13(11)14/h5-10H,4H2,1-3H3. The molecule has 0 saturated heterocycles. The average molecular weight is 327 g/mol. The number of rotatable bonds is 4. The van der Waals surface area contributed by atoms with Crippen molar-refractivity contribution in [3.8, 4) is 0 Å². The van der Waals surface area contributed by atoms with Gasteiger partial charge in [0.1, 0.15) is 0 Å². The van der Waals surface area contributed by atoms with Crippen LogP contribution >= 0.6 is 11.3 Å². The van der Waals surface area contributed by atoms with Crippen molar-refractivity contribution in [2.24, 2.45) is 0 Å². The van der Waals surface area contributed by atoms with E-state index < -0.39 is 0 Å². The van der Waals surface area contributed by atoms with Crippen LogP contribution < -0.4 is 0 Å². The molecule has 3 rings (SSSR count). The fourth-order valence-corrected chi connectivity index (χ4v) is 3.51. The molecule has 0 unspecified atom stereocenters. The van der Waals surface area contributed by atoms with Gasteiger partial charge in [0.15, 0.2) is 5.01 Å². The van der Waals surface area contributed by atoms with E-state index in [-0.39, 0.29) is 11.8 Å². The number of carbonyl (C=O) groups excluding carboxylic acids is 2. The second-order valence-corrected chi connectivity index (χ2v) is 6.60. The molecule has 23 heavy (non-hydrogen) atoms. The SMILES string of the molecule is COC(=O)c1ccc2c(c1)CC=C2C(=O)c1nc(C(C)C)cs1. The molecule has 0 N–H and O–H groups in total. The van der Waals surface area contributed by atoms with Gasteiger partial charge in [0.25, 0.3) is 0 Å². The van der Waals surface area contributed by atoms with E-state index in [4.69, 9.17) is 4.74 Å². The molecule has 0 fully saturated rings. The van der Waals surface area contributed by atoms with Gasteiger partial charge in [-0.1, -0.05) is 26.0 Å². The van der Waals surface area contributed by atoms with Crippen molar-refractivity contribution in [2.75, 3.05) is 7.11 Å². The van der Waals surface area contributed by atoms with Crippen LogP contribution in [0.2, 0.25) is 0 Å². The Labute approximate surface area is 138 Å². The molecule has 118 valence electrons. The molecule has 1 aromatic carbocycles. The van der Waals surface area contributed by atoms with Gasteiger partial charge < -0.3 is 4.74 Å². The quantitative estimate of drug-likeness (QED) is 0.632. The predicted molar refractivity (Wildman–Crippen MR) is 90.0 cm³/mol. The van der Waals surface area contributed by atoms with Crippen molar-refractivity contribution in [3.05, 3.63) is 57.0 Å². The van der Waals surface area contributed by atoms with Crippen molar-refractivity contribution >= 4 is 28.7 Å². The minimum atomic E-state index is -0.367. The van der Waals surface area contributed by atoms with Gasteiger partial charge in [-0.15, -0.1) is 11.3 Å². The fraction of sp³-hybridized carbons (Fsp3) is 0.278. The van der Waals surface area contributed by atoms with Gasteiger partial charge in [-0.25, -0.2) is 9.78 Å². The Morgan fingerprint density at radius 1 is 1.30 bits per heavy atom. The minimum absolute atomic E-state index is 0.0496. The van der Waals surface area contributed by atoms with Crippen LogP contribution in [0.25, 0.3) is 5.57 Å². The number of thiazole rings is 1. The Morgan fingerprint density at radius 3 is 2.74 bits per heavy atom. The summed E-state index contributed by atoms with van der Waals surface area (Å²) in [6.45, 7) is 4.11. The van der Waals surface area contributed by atoms with E-state index in [9.17, 15) is 9.59 Å². The van der Waals surface area contributed by atoms with Gasteiger partial charge in [0, 0.05) is 11.0 Å². The van der Waals surface area contributed by atoms with E-state index in [1.165, 1.54) is 18.4 Å². The second-order valence-electron chi connectivity index (χ2n) is 5.75. The first-order valence-corrected chi connectivity index (χ1v) is 8.31. The normalized spacial score (nSPS) is 13.0. The van der Waals surface area contributed by atoms with Crippen molar-refractivity contribution in [1.82, 2.24) is 4.98 Å². The monoisotopic (exact) mass is 327 g/mol. The van der Waals surface area contributed by atoms with Crippen molar-refractivity contribution in [3.63, 3.8) is 0 Å². The lowest BCUT2D eigenvalue weighted by atomic mass is 10.0. The average Bonchev–Trinajstić information content (AvgIpc) is 3.19. The molecule has 0 aliphatic heterocycles. The van der Waals surface area contributed by atoms with E-state index in [0.29, 0.717) is 28.5 Å². The highest BCUT2D eigenvalue weighted by molar-refractivity contribution is 7.12. The highest BCUT2D eigenvalue weighted by Gasteiger charge is 2.24. The molecule has 0 amide bonds. The van der Waals surface area contributed by atoms with Crippen LogP contribution in [-0.2, 0) is 11.2 Å². The molecule has 1 aliphatic carbocycles. The highest BCUT2D eigenvalue weighted by atomic mass is 32.1. The molecule has 1 aliphatic rings. The Bertz CT molecular complexity index is 817. The summed E-state index contributed by atoms with van der Waals surface area (Å²) >= 11 is 1.38. The summed E-state index contributed by atoms with van der Waals surface area (Å²) < 4.78 is 4.73. The van der Waals surface area contributed by atoms with E-state index >= 15 is 0 Å². The number of Topliss-reactive ketones (excluding diaryl/α,β-unsaturated/α-hetero) is 1. The van der Waals surface area contributed by atoms with Crippen LogP contribution in [-0.4, -0.2) is 23.8 Å². The molecule has 1 aromatic heterocycles. The van der Waals surface area contributed by atoms with Gasteiger partial charge >= 0.3 is 5.97 Å². The number of nitrogens with zero attached hydrogens (tertiary/aromatic N) is 1. The van der Waals surface area contributed by atoms with Crippen molar-refractivity contribution < 1.29 is 14.3 Å². The predicted octanol–water partition coefficient (Wildman–Crippen LogP) is 3.88. The van der Waals surface area contributed by atoms with Crippen LogP contribution in [0, 0.1) is 0 Å². The van der Waals surface area contributed by atoms with Crippen LogP contribution in [0.15, 0.2) is 29.7 Å². The molecule has 0 radical (unpaired) electrons. The molecule has 0 saturated carbocycles. The third-order valence-electron chi connectivity index (χ3n) is 3.89. The Morgan fingerprint density at radius 2 is 2.09 bits per heavy atom. The van der Waals surface area contributed by atoms with Crippen LogP contribution in [0.4, 0.5) is 0 Å². The van der Waals surface area contributed by atoms with Gasteiger partial charge in [0.2, 0.25) is 5.78 Å². The third-order valence-corrected chi connectivity index (χ3v) is 4.75. The molecular formula is C18H17NO3S. The molecular weight excluding hydrogens is 310 g/mol. The number of ketones is 1. The maximum absolute atomic E-state index is 12.7. The van der Waals surface area contributed by atoms with E-state index in [2.05, 4.69) is 18.8 Å². The van der Waals surface area contributed by atoms with Crippen molar-refractivity contribution in [1.29, 1.82) is 0 Å². The molecule has 5 heteroatoms. The second kappa shape index (κ2) is 6.08. The zero-order chi connectivity index (χ0) is 16.6. The lowest BCUT2D eigenvalue weighted by Crippen LogP contribution is -2.04. The summed E-state index contributed by atoms with van der Waals surface area (Å²) in [5.74, 6) is -0.110. The number of methoxy groups -OCH3 is 1. The zero-order valence-corrected chi connectivity index (χ0v) is 14.1. The first kappa shape index (κ1) is 15.6. The molecule has 2 aromatic rings. The number of allylic oxidation sites excluding steroid dienone is 2. The van der Waals surface area contributed by atoms with Gasteiger partial charge in [-0.2, -0.15) is 0 Å². The smallest absolute Gasteiger partial charge is 0.337 e. The van der Waals surface area contributed by atoms with Crippen LogP contribution in [0.1, 0.15) is 56.7 Å². The van der Waals surface area contributed by atoms with Crippen LogP contribution in [0.3, 0.4) is 0 Å². The topological polar surface area (TPSA) is 56.3 Å². The summed E-state index contributed by atoms with van der Waals surface area (Å²) in [7, 11) is 1.36. The fourth-order valence-electron chi connectivity index (χ4n) is 2.58. The molecule has 0 bridgehead atoms. The summed E-state index contributed by atoms with van der Waals surface area (Å²) in [6.07, 6.45) is 2.55. The Kier molecular flexibility index (Phi) is 4.13.